The lowest BCUT2D eigenvalue weighted by Gasteiger charge is -2.20. The van der Waals surface area contributed by atoms with Crippen LogP contribution in [0, 0.1) is 0 Å². The molecule has 0 fully saturated rings. The topological polar surface area (TPSA) is 95.9 Å². The molecule has 434 valence electrons. The van der Waals surface area contributed by atoms with Crippen LogP contribution in [0.15, 0.2) is 12.2 Å². The Morgan fingerprint density at radius 2 is 0.630 bits per heavy atom. The standard InChI is InChI=1S/C67H131NO5/c1-3-5-7-9-11-13-15-36-41-45-49-53-57-61-67(72)73-62-58-54-50-46-42-38-35-33-31-29-27-25-23-21-19-17-18-20-22-24-26-28-30-32-34-37-40-44-48-52-56-60-66(71)68-64(63-69)65(70)59-55-51-47-43-39-16-14-12-10-8-6-4-2/h55,59,64-65,69-70H,3-54,56-58,60-63H2,1-2H3,(H,68,71)/b59-55+. The quantitative estimate of drug-likeness (QED) is 0.0320. The average molecular weight is 1030 g/mol. The number of aliphatic hydroxyl groups excluding tert-OH is 2. The van der Waals surface area contributed by atoms with Gasteiger partial charge in [-0.2, -0.15) is 0 Å². The summed E-state index contributed by atoms with van der Waals surface area (Å²) in [5, 5.41) is 23.1. The van der Waals surface area contributed by atoms with E-state index in [2.05, 4.69) is 19.2 Å². The fraction of sp³-hybridized carbons (Fsp3) is 0.940. The van der Waals surface area contributed by atoms with Gasteiger partial charge in [-0.05, 0) is 32.1 Å². The van der Waals surface area contributed by atoms with Gasteiger partial charge >= 0.3 is 5.97 Å². The normalized spacial score (nSPS) is 12.5. The van der Waals surface area contributed by atoms with Crippen molar-refractivity contribution in [2.75, 3.05) is 13.2 Å². The lowest BCUT2D eigenvalue weighted by atomic mass is 10.0. The van der Waals surface area contributed by atoms with Crippen LogP contribution < -0.4 is 5.32 Å². The molecule has 6 nitrogen and oxygen atoms in total. The number of carbonyl (C=O) groups is 2. The Bertz CT molecular complexity index is 1100. The predicted molar refractivity (Wildman–Crippen MR) is 320 cm³/mol. The largest absolute Gasteiger partial charge is 0.466 e. The molecule has 0 aromatic carbocycles. The van der Waals surface area contributed by atoms with Gasteiger partial charge in [0.05, 0.1) is 25.4 Å². The predicted octanol–water partition coefficient (Wildman–Crippen LogP) is 21.2. The zero-order valence-electron chi connectivity index (χ0n) is 49.6. The van der Waals surface area contributed by atoms with E-state index in [-0.39, 0.29) is 18.5 Å². The summed E-state index contributed by atoms with van der Waals surface area (Å²) in [6.07, 6.45) is 77.2. The monoisotopic (exact) mass is 1030 g/mol. The summed E-state index contributed by atoms with van der Waals surface area (Å²) in [6, 6.07) is -0.622. The third kappa shape index (κ3) is 59.7. The van der Waals surface area contributed by atoms with Crippen molar-refractivity contribution < 1.29 is 24.5 Å². The first-order valence-electron chi connectivity index (χ1n) is 33.5. The van der Waals surface area contributed by atoms with Crippen molar-refractivity contribution in [3.63, 3.8) is 0 Å². The number of hydrogen-bond acceptors (Lipinski definition) is 5. The Balaban J connectivity index is 3.31. The first-order chi connectivity index (χ1) is 36.0. The molecule has 0 aliphatic carbocycles. The number of aliphatic hydroxyl groups is 2. The molecule has 0 spiro atoms. The zero-order chi connectivity index (χ0) is 52.9. The molecule has 0 aliphatic heterocycles. The van der Waals surface area contributed by atoms with E-state index in [1.54, 1.807) is 6.08 Å². The van der Waals surface area contributed by atoms with Crippen molar-refractivity contribution >= 4 is 11.9 Å². The lowest BCUT2D eigenvalue weighted by Crippen LogP contribution is -2.45. The van der Waals surface area contributed by atoms with Crippen LogP contribution in [0.4, 0.5) is 0 Å². The zero-order valence-corrected chi connectivity index (χ0v) is 49.6. The number of carbonyl (C=O) groups excluding carboxylic acids is 2. The molecular weight excluding hydrogens is 899 g/mol. The molecule has 0 aromatic rings. The molecule has 0 saturated carbocycles. The van der Waals surface area contributed by atoms with Crippen molar-refractivity contribution in [2.24, 2.45) is 0 Å². The van der Waals surface area contributed by atoms with E-state index in [9.17, 15) is 19.8 Å². The van der Waals surface area contributed by atoms with E-state index >= 15 is 0 Å². The molecule has 1 amide bonds. The van der Waals surface area contributed by atoms with Crippen LogP contribution in [0.2, 0.25) is 0 Å². The summed E-state index contributed by atoms with van der Waals surface area (Å²) in [4.78, 5) is 24.5. The molecule has 0 bridgehead atoms. The molecular formula is C67H131NO5. The number of allylic oxidation sites excluding steroid dienone is 1. The fourth-order valence-corrected chi connectivity index (χ4v) is 10.7. The van der Waals surface area contributed by atoms with Gasteiger partial charge < -0.3 is 20.3 Å². The number of esters is 1. The summed E-state index contributed by atoms with van der Waals surface area (Å²) in [6.45, 7) is 4.93. The smallest absolute Gasteiger partial charge is 0.305 e. The van der Waals surface area contributed by atoms with E-state index < -0.39 is 12.1 Å². The van der Waals surface area contributed by atoms with Gasteiger partial charge in [0.15, 0.2) is 0 Å². The second-order valence-electron chi connectivity index (χ2n) is 23.2. The summed E-state index contributed by atoms with van der Waals surface area (Å²) in [7, 11) is 0. The number of nitrogens with one attached hydrogen (secondary N) is 1. The summed E-state index contributed by atoms with van der Waals surface area (Å²) < 4.78 is 5.49. The van der Waals surface area contributed by atoms with E-state index in [0.717, 1.165) is 38.5 Å². The minimum Gasteiger partial charge on any atom is -0.466 e. The van der Waals surface area contributed by atoms with E-state index in [4.69, 9.17) is 4.74 Å². The van der Waals surface area contributed by atoms with Crippen molar-refractivity contribution in [3.05, 3.63) is 12.2 Å². The molecule has 0 heterocycles. The Hall–Kier alpha value is -1.40. The highest BCUT2D eigenvalue weighted by Gasteiger charge is 2.18. The number of rotatable bonds is 63. The molecule has 6 heteroatoms. The SMILES string of the molecule is CCCCCCCCCCCC/C=C/C(O)C(CO)NC(=O)CCCCCCCCCCCCCCCCCCCCCCCCCCCCCCCCCOC(=O)CCCCCCCCCCCCCCC. The molecule has 2 unspecified atom stereocenters. The maximum absolute atomic E-state index is 12.4. The molecule has 0 aliphatic rings. The van der Waals surface area contributed by atoms with Gasteiger partial charge in [-0.3, -0.25) is 9.59 Å². The third-order valence-corrected chi connectivity index (χ3v) is 15.8. The summed E-state index contributed by atoms with van der Waals surface area (Å²) >= 11 is 0. The summed E-state index contributed by atoms with van der Waals surface area (Å²) in [5.74, 6) is -0.0400. The highest BCUT2D eigenvalue weighted by atomic mass is 16.5. The van der Waals surface area contributed by atoms with Crippen LogP contribution in [0.1, 0.15) is 380 Å². The number of hydrogen-bond donors (Lipinski definition) is 3. The molecule has 0 aromatic heterocycles. The van der Waals surface area contributed by atoms with Gasteiger partial charge in [-0.15, -0.1) is 0 Å². The number of ether oxygens (including phenoxy) is 1. The first kappa shape index (κ1) is 71.6. The van der Waals surface area contributed by atoms with Crippen LogP contribution in [0.3, 0.4) is 0 Å². The molecule has 2 atom stereocenters. The minimum absolute atomic E-state index is 0.0225. The first-order valence-corrected chi connectivity index (χ1v) is 33.5. The van der Waals surface area contributed by atoms with Crippen molar-refractivity contribution in [1.29, 1.82) is 0 Å². The molecule has 0 rings (SSSR count). The highest BCUT2D eigenvalue weighted by molar-refractivity contribution is 5.76. The molecule has 3 N–H and O–H groups in total. The van der Waals surface area contributed by atoms with E-state index in [1.165, 1.54) is 315 Å². The van der Waals surface area contributed by atoms with Gasteiger partial charge in [0.1, 0.15) is 0 Å². The number of unbranched alkanes of at least 4 members (excludes halogenated alkanes) is 52. The van der Waals surface area contributed by atoms with Gasteiger partial charge in [0.2, 0.25) is 5.91 Å². The van der Waals surface area contributed by atoms with Gasteiger partial charge in [-0.1, -0.05) is 347 Å². The maximum atomic E-state index is 12.4. The van der Waals surface area contributed by atoms with Gasteiger partial charge in [-0.25, -0.2) is 0 Å². The van der Waals surface area contributed by atoms with Crippen LogP contribution in [-0.2, 0) is 14.3 Å². The van der Waals surface area contributed by atoms with Crippen LogP contribution >= 0.6 is 0 Å². The van der Waals surface area contributed by atoms with E-state index in [1.807, 2.05) is 6.08 Å². The lowest BCUT2D eigenvalue weighted by molar-refractivity contribution is -0.143. The number of amides is 1. The second kappa shape index (κ2) is 63.1. The third-order valence-electron chi connectivity index (χ3n) is 15.8. The average Bonchev–Trinajstić information content (AvgIpc) is 3.39. The minimum atomic E-state index is -0.839. The van der Waals surface area contributed by atoms with Crippen LogP contribution in [0.25, 0.3) is 0 Å². The van der Waals surface area contributed by atoms with E-state index in [0.29, 0.717) is 19.4 Å². The van der Waals surface area contributed by atoms with Crippen molar-refractivity contribution in [2.45, 2.75) is 392 Å². The molecule has 0 radical (unpaired) electrons. The van der Waals surface area contributed by atoms with Crippen molar-refractivity contribution in [1.82, 2.24) is 5.32 Å². The second-order valence-corrected chi connectivity index (χ2v) is 23.2. The Kier molecular flexibility index (Phi) is 61.9. The fourth-order valence-electron chi connectivity index (χ4n) is 10.7. The van der Waals surface area contributed by atoms with Gasteiger partial charge in [0, 0.05) is 12.8 Å². The van der Waals surface area contributed by atoms with Crippen molar-refractivity contribution in [3.8, 4) is 0 Å². The Morgan fingerprint density at radius 3 is 0.932 bits per heavy atom. The molecule has 73 heavy (non-hydrogen) atoms. The Morgan fingerprint density at radius 1 is 0.370 bits per heavy atom. The summed E-state index contributed by atoms with van der Waals surface area (Å²) in [5.41, 5.74) is 0. The van der Waals surface area contributed by atoms with Gasteiger partial charge in [0.25, 0.3) is 0 Å². The van der Waals surface area contributed by atoms with Crippen LogP contribution in [-0.4, -0.2) is 47.4 Å². The molecule has 0 saturated heterocycles. The Labute approximate surface area is 457 Å². The maximum Gasteiger partial charge on any atom is 0.305 e. The van der Waals surface area contributed by atoms with Crippen LogP contribution in [0.5, 0.6) is 0 Å². The highest BCUT2D eigenvalue weighted by Crippen LogP contribution is 2.19.